The van der Waals surface area contributed by atoms with Gasteiger partial charge < -0.3 is 10.1 Å². The van der Waals surface area contributed by atoms with Crippen LogP contribution >= 0.6 is 0 Å². The van der Waals surface area contributed by atoms with E-state index in [9.17, 15) is 13.2 Å². The van der Waals surface area contributed by atoms with E-state index < -0.39 is 10.0 Å². The van der Waals surface area contributed by atoms with Gasteiger partial charge in [-0.05, 0) is 56.4 Å². The molecule has 0 radical (unpaired) electrons. The first-order chi connectivity index (χ1) is 16.5. The second kappa shape index (κ2) is 14.6. The van der Waals surface area contributed by atoms with Crippen molar-refractivity contribution in [3.8, 4) is 0 Å². The van der Waals surface area contributed by atoms with Crippen LogP contribution in [-0.2, 0) is 19.6 Å². The van der Waals surface area contributed by atoms with E-state index in [-0.39, 0.29) is 17.7 Å². The third-order valence-electron chi connectivity index (χ3n) is 6.54. The molecule has 1 aromatic heterocycles. The van der Waals surface area contributed by atoms with Gasteiger partial charge in [0, 0.05) is 50.7 Å². The Morgan fingerprint density at radius 3 is 2.71 bits per heavy atom. The zero-order valence-electron chi connectivity index (χ0n) is 20.2. The highest BCUT2D eigenvalue weighted by atomic mass is 32.2. The highest BCUT2D eigenvalue weighted by Crippen LogP contribution is 2.26. The SMILES string of the molecule is O=C(/C=C/c1cccnc1)NCCCCCS(=O)(=O)N(CCCN1CCOCC1)C1CCCC1. The molecule has 190 valence electrons. The first-order valence-electron chi connectivity index (χ1n) is 12.7. The summed E-state index contributed by atoms with van der Waals surface area (Å²) in [4.78, 5) is 18.3. The Morgan fingerprint density at radius 1 is 1.18 bits per heavy atom. The molecule has 1 amide bonds. The van der Waals surface area contributed by atoms with Gasteiger partial charge in [-0.25, -0.2) is 8.42 Å². The number of morpholine rings is 1. The van der Waals surface area contributed by atoms with Gasteiger partial charge in [0.2, 0.25) is 15.9 Å². The molecule has 3 rings (SSSR count). The maximum Gasteiger partial charge on any atom is 0.243 e. The van der Waals surface area contributed by atoms with Crippen molar-refractivity contribution in [3.05, 3.63) is 36.2 Å². The second-order valence-corrected chi connectivity index (χ2v) is 11.2. The molecule has 1 saturated heterocycles. The van der Waals surface area contributed by atoms with E-state index in [0.29, 0.717) is 19.5 Å². The number of aromatic nitrogens is 1. The third-order valence-corrected chi connectivity index (χ3v) is 8.54. The lowest BCUT2D eigenvalue weighted by atomic mass is 10.2. The van der Waals surface area contributed by atoms with Crippen molar-refractivity contribution >= 4 is 22.0 Å². The van der Waals surface area contributed by atoms with E-state index in [4.69, 9.17) is 4.74 Å². The maximum atomic E-state index is 13.2. The van der Waals surface area contributed by atoms with Crippen molar-refractivity contribution < 1.29 is 17.9 Å². The molecule has 0 spiro atoms. The lowest BCUT2D eigenvalue weighted by Crippen LogP contribution is -2.43. The summed E-state index contributed by atoms with van der Waals surface area (Å²) in [5.41, 5.74) is 0.875. The van der Waals surface area contributed by atoms with Crippen LogP contribution in [-0.4, -0.2) is 86.2 Å². The highest BCUT2D eigenvalue weighted by molar-refractivity contribution is 7.89. The first kappa shape index (κ1) is 26.8. The van der Waals surface area contributed by atoms with Gasteiger partial charge in [0.05, 0.1) is 19.0 Å². The topological polar surface area (TPSA) is 91.8 Å². The molecule has 9 heteroatoms. The standard InChI is InChI=1S/C25H40N4O4S/c30-25(12-11-23-8-6-13-26-22-23)27-14-4-1-5-21-34(31,32)29(24-9-2-3-10-24)16-7-15-28-17-19-33-20-18-28/h6,8,11-13,22,24H,1-5,7,9-10,14-21H2,(H,27,30)/b12-11+. The molecule has 0 unspecified atom stereocenters. The van der Waals surface area contributed by atoms with Gasteiger partial charge in [-0.2, -0.15) is 4.31 Å². The van der Waals surface area contributed by atoms with Crippen LogP contribution in [0.1, 0.15) is 56.9 Å². The van der Waals surface area contributed by atoms with Crippen LogP contribution in [0.3, 0.4) is 0 Å². The predicted molar refractivity (Wildman–Crippen MR) is 135 cm³/mol. The van der Waals surface area contributed by atoms with Gasteiger partial charge in [0.15, 0.2) is 0 Å². The van der Waals surface area contributed by atoms with Crippen LogP contribution in [0.15, 0.2) is 30.6 Å². The summed E-state index contributed by atoms with van der Waals surface area (Å²) in [6.07, 6.45) is 13.8. The number of ether oxygens (including phenoxy) is 1. The van der Waals surface area contributed by atoms with E-state index in [1.807, 2.05) is 16.4 Å². The Kier molecular flexibility index (Phi) is 11.5. The normalized spacial score (nSPS) is 18.1. The molecule has 1 aliphatic carbocycles. The van der Waals surface area contributed by atoms with Crippen LogP contribution in [0.4, 0.5) is 0 Å². The lowest BCUT2D eigenvalue weighted by Gasteiger charge is -2.30. The molecule has 1 N–H and O–H groups in total. The molecule has 34 heavy (non-hydrogen) atoms. The Labute approximate surface area is 204 Å². The van der Waals surface area contributed by atoms with E-state index in [2.05, 4.69) is 15.2 Å². The molecule has 2 fully saturated rings. The van der Waals surface area contributed by atoms with Crippen molar-refractivity contribution in [1.82, 2.24) is 19.5 Å². The third kappa shape index (κ3) is 9.44. The zero-order chi connectivity index (χ0) is 24.1. The van der Waals surface area contributed by atoms with Gasteiger partial charge in [-0.1, -0.05) is 25.3 Å². The number of nitrogens with one attached hydrogen (secondary N) is 1. The van der Waals surface area contributed by atoms with Crippen molar-refractivity contribution in [2.24, 2.45) is 0 Å². The minimum atomic E-state index is -3.27. The molecule has 1 aromatic rings. The number of carbonyl (C=O) groups excluding carboxylic acids is 1. The minimum absolute atomic E-state index is 0.149. The zero-order valence-corrected chi connectivity index (χ0v) is 21.1. The van der Waals surface area contributed by atoms with E-state index in [1.165, 1.54) is 6.08 Å². The predicted octanol–water partition coefficient (Wildman–Crippen LogP) is 2.68. The van der Waals surface area contributed by atoms with Crippen LogP contribution < -0.4 is 5.32 Å². The fraction of sp³-hybridized carbons (Fsp3) is 0.680. The molecule has 1 aliphatic heterocycles. The fourth-order valence-corrected chi connectivity index (χ4v) is 6.51. The highest BCUT2D eigenvalue weighted by Gasteiger charge is 2.31. The summed E-state index contributed by atoms with van der Waals surface area (Å²) in [5, 5.41) is 2.86. The summed E-state index contributed by atoms with van der Waals surface area (Å²) in [7, 11) is -3.27. The minimum Gasteiger partial charge on any atom is -0.379 e. The van der Waals surface area contributed by atoms with Crippen LogP contribution in [0, 0.1) is 0 Å². The molecule has 1 saturated carbocycles. The summed E-state index contributed by atoms with van der Waals surface area (Å²) in [6.45, 7) is 5.50. The molecule has 0 aromatic carbocycles. The monoisotopic (exact) mass is 492 g/mol. The van der Waals surface area contributed by atoms with Gasteiger partial charge in [0.1, 0.15) is 0 Å². The van der Waals surface area contributed by atoms with E-state index in [1.54, 1.807) is 18.5 Å². The fourth-order valence-electron chi connectivity index (χ4n) is 4.64. The Balaban J connectivity index is 1.35. The van der Waals surface area contributed by atoms with Gasteiger partial charge in [0.25, 0.3) is 0 Å². The number of sulfonamides is 1. The number of hydrogen-bond acceptors (Lipinski definition) is 6. The molecular weight excluding hydrogens is 452 g/mol. The summed E-state index contributed by atoms with van der Waals surface area (Å²) in [5.74, 6) is 0.0415. The van der Waals surface area contributed by atoms with Gasteiger partial charge >= 0.3 is 0 Å². The maximum absolute atomic E-state index is 13.2. The van der Waals surface area contributed by atoms with Crippen molar-refractivity contribution in [3.63, 3.8) is 0 Å². The number of amides is 1. The molecule has 0 atom stereocenters. The molecule has 2 heterocycles. The molecule has 2 aliphatic rings. The smallest absolute Gasteiger partial charge is 0.243 e. The average Bonchev–Trinajstić information content (AvgIpc) is 3.38. The quantitative estimate of drug-likeness (QED) is 0.317. The Bertz CT molecular complexity index is 851. The lowest BCUT2D eigenvalue weighted by molar-refractivity contribution is -0.116. The Hall–Kier alpha value is -1.81. The Morgan fingerprint density at radius 2 is 1.97 bits per heavy atom. The molecule has 0 bridgehead atoms. The van der Waals surface area contributed by atoms with Crippen molar-refractivity contribution in [2.45, 2.75) is 57.4 Å². The average molecular weight is 493 g/mol. The second-order valence-electron chi connectivity index (χ2n) is 9.14. The molecular formula is C25H40N4O4S. The number of carbonyl (C=O) groups is 1. The first-order valence-corrected chi connectivity index (χ1v) is 14.3. The summed E-state index contributed by atoms with van der Waals surface area (Å²) >= 11 is 0. The van der Waals surface area contributed by atoms with E-state index in [0.717, 1.165) is 83.4 Å². The largest absolute Gasteiger partial charge is 0.379 e. The molecule has 8 nitrogen and oxygen atoms in total. The van der Waals surface area contributed by atoms with Gasteiger partial charge in [-0.3, -0.25) is 14.7 Å². The van der Waals surface area contributed by atoms with Crippen LogP contribution in [0.5, 0.6) is 0 Å². The van der Waals surface area contributed by atoms with Gasteiger partial charge in [-0.15, -0.1) is 0 Å². The summed E-state index contributed by atoms with van der Waals surface area (Å²) in [6, 6.07) is 3.87. The number of unbranched alkanes of at least 4 members (excludes halogenated alkanes) is 2. The number of pyridine rings is 1. The number of rotatable bonds is 14. The van der Waals surface area contributed by atoms with Crippen LogP contribution in [0.25, 0.3) is 6.08 Å². The van der Waals surface area contributed by atoms with Crippen molar-refractivity contribution in [2.75, 3.05) is 51.7 Å². The number of hydrogen-bond donors (Lipinski definition) is 1. The van der Waals surface area contributed by atoms with E-state index >= 15 is 0 Å². The van der Waals surface area contributed by atoms with Crippen molar-refractivity contribution in [1.29, 1.82) is 0 Å². The number of nitrogens with zero attached hydrogens (tertiary/aromatic N) is 3. The summed E-state index contributed by atoms with van der Waals surface area (Å²) < 4.78 is 33.6. The van der Waals surface area contributed by atoms with Crippen LogP contribution in [0.2, 0.25) is 0 Å².